The van der Waals surface area contributed by atoms with Crippen LogP contribution in [0.25, 0.3) is 22.4 Å². The number of hydrogen-bond acceptors (Lipinski definition) is 4. The lowest BCUT2D eigenvalue weighted by Crippen LogP contribution is -2.30. The molecule has 5 rings (SSSR count). The van der Waals surface area contributed by atoms with Gasteiger partial charge in [-0.2, -0.15) is 5.10 Å². The molecule has 0 unspecified atom stereocenters. The first-order chi connectivity index (χ1) is 15.1. The molecular weight excluding hydrogens is 388 g/mol. The van der Waals surface area contributed by atoms with E-state index in [-0.39, 0.29) is 5.91 Å². The van der Waals surface area contributed by atoms with E-state index in [0.29, 0.717) is 12.2 Å². The molecule has 1 aliphatic heterocycles. The summed E-state index contributed by atoms with van der Waals surface area (Å²) >= 11 is 0. The van der Waals surface area contributed by atoms with Crippen LogP contribution in [0.5, 0.6) is 5.75 Å². The van der Waals surface area contributed by atoms with Crippen LogP contribution in [0.1, 0.15) is 16.1 Å². The average Bonchev–Trinajstić information content (AvgIpc) is 3.42. The molecule has 0 aliphatic carbocycles. The van der Waals surface area contributed by atoms with Crippen molar-refractivity contribution < 1.29 is 9.53 Å². The highest BCUT2D eigenvalue weighted by Crippen LogP contribution is 2.33. The number of benzene rings is 2. The van der Waals surface area contributed by atoms with Crippen molar-refractivity contribution in [2.75, 3.05) is 18.6 Å². The zero-order chi connectivity index (χ0) is 21.4. The second kappa shape index (κ2) is 7.72. The van der Waals surface area contributed by atoms with Gasteiger partial charge in [-0.1, -0.05) is 18.2 Å². The van der Waals surface area contributed by atoms with E-state index < -0.39 is 0 Å². The summed E-state index contributed by atoms with van der Waals surface area (Å²) in [7, 11) is 3.44. The molecule has 154 valence electrons. The molecule has 0 bridgehead atoms. The van der Waals surface area contributed by atoms with Crippen molar-refractivity contribution >= 4 is 11.6 Å². The van der Waals surface area contributed by atoms with Gasteiger partial charge in [0.05, 0.1) is 12.8 Å². The van der Waals surface area contributed by atoms with Crippen LogP contribution in [0.15, 0.2) is 73.1 Å². The number of anilines is 1. The zero-order valence-corrected chi connectivity index (χ0v) is 17.4. The molecule has 3 heterocycles. The largest absolute Gasteiger partial charge is 0.497 e. The van der Waals surface area contributed by atoms with E-state index >= 15 is 0 Å². The van der Waals surface area contributed by atoms with Gasteiger partial charge in [-0.3, -0.25) is 14.5 Å². The van der Waals surface area contributed by atoms with Crippen LogP contribution in [0.2, 0.25) is 0 Å². The summed E-state index contributed by atoms with van der Waals surface area (Å²) in [5.74, 6) is 0.717. The molecule has 0 atom stereocenters. The van der Waals surface area contributed by atoms with Crippen LogP contribution >= 0.6 is 0 Å². The Morgan fingerprint density at radius 3 is 2.61 bits per heavy atom. The lowest BCUT2D eigenvalue weighted by atomic mass is 10.0. The van der Waals surface area contributed by atoms with E-state index in [2.05, 4.69) is 22.2 Å². The Hall–Kier alpha value is -3.93. The Balaban J connectivity index is 1.44. The first kappa shape index (κ1) is 19.1. The maximum Gasteiger partial charge on any atom is 0.276 e. The normalized spacial score (nSPS) is 12.6. The minimum absolute atomic E-state index is 0.0421. The van der Waals surface area contributed by atoms with Gasteiger partial charge in [0, 0.05) is 37.2 Å². The molecule has 31 heavy (non-hydrogen) atoms. The van der Waals surface area contributed by atoms with Gasteiger partial charge in [-0.05, 0) is 65.6 Å². The minimum Gasteiger partial charge on any atom is -0.497 e. The highest BCUT2D eigenvalue weighted by molar-refractivity contribution is 6.07. The van der Waals surface area contributed by atoms with Crippen molar-refractivity contribution in [1.29, 1.82) is 0 Å². The zero-order valence-electron chi connectivity index (χ0n) is 17.4. The first-order valence-corrected chi connectivity index (χ1v) is 10.2. The summed E-state index contributed by atoms with van der Waals surface area (Å²) in [6.45, 7) is 0.660. The summed E-state index contributed by atoms with van der Waals surface area (Å²) < 4.78 is 6.96. The molecule has 0 fully saturated rings. The molecule has 1 amide bonds. The number of aryl methyl sites for hydroxylation is 1. The molecular formula is C25H22N4O2. The number of carbonyl (C=O) groups is 1. The quantitative estimate of drug-likeness (QED) is 0.502. The van der Waals surface area contributed by atoms with Crippen LogP contribution in [0, 0.1) is 0 Å². The van der Waals surface area contributed by atoms with Gasteiger partial charge in [-0.15, -0.1) is 0 Å². The number of methoxy groups -OCH3 is 1. The fraction of sp³-hybridized carbons (Fsp3) is 0.160. The van der Waals surface area contributed by atoms with Crippen LogP contribution in [-0.4, -0.2) is 34.3 Å². The average molecular weight is 410 g/mol. The lowest BCUT2D eigenvalue weighted by molar-refractivity contribution is 0.0980. The van der Waals surface area contributed by atoms with Gasteiger partial charge >= 0.3 is 0 Å². The fourth-order valence-corrected chi connectivity index (χ4v) is 4.07. The van der Waals surface area contributed by atoms with Crippen molar-refractivity contribution in [3.8, 4) is 28.1 Å². The predicted molar refractivity (Wildman–Crippen MR) is 120 cm³/mol. The summed E-state index contributed by atoms with van der Waals surface area (Å²) in [5.41, 5.74) is 6.62. The van der Waals surface area contributed by atoms with Crippen molar-refractivity contribution in [2.45, 2.75) is 6.42 Å². The fourth-order valence-electron chi connectivity index (χ4n) is 4.07. The molecule has 4 aromatic rings. The Bertz CT molecular complexity index is 1260. The van der Waals surface area contributed by atoms with Crippen LogP contribution in [0.4, 0.5) is 5.69 Å². The molecule has 0 spiro atoms. The summed E-state index contributed by atoms with van der Waals surface area (Å²) in [6.07, 6.45) is 4.42. The third kappa shape index (κ3) is 3.46. The van der Waals surface area contributed by atoms with E-state index in [1.807, 2.05) is 53.4 Å². The maximum absolute atomic E-state index is 13.4. The second-order valence-corrected chi connectivity index (χ2v) is 7.56. The minimum atomic E-state index is -0.0421. The predicted octanol–water partition coefficient (Wildman–Crippen LogP) is 4.36. The highest BCUT2D eigenvalue weighted by Gasteiger charge is 2.28. The van der Waals surface area contributed by atoms with Crippen LogP contribution in [0.3, 0.4) is 0 Å². The Morgan fingerprint density at radius 2 is 1.81 bits per heavy atom. The number of ether oxygens (including phenoxy) is 1. The van der Waals surface area contributed by atoms with Crippen molar-refractivity contribution in [2.24, 2.45) is 7.05 Å². The number of aromatic nitrogens is 3. The molecule has 0 saturated heterocycles. The van der Waals surface area contributed by atoms with Gasteiger partial charge in [0.15, 0.2) is 0 Å². The van der Waals surface area contributed by atoms with Crippen molar-refractivity contribution in [3.05, 3.63) is 84.3 Å². The molecule has 0 N–H and O–H groups in total. The van der Waals surface area contributed by atoms with Crippen LogP contribution in [-0.2, 0) is 13.5 Å². The number of pyridine rings is 1. The number of carbonyl (C=O) groups excluding carboxylic acids is 1. The Labute approximate surface area is 180 Å². The number of fused-ring (bicyclic) bond motifs is 1. The number of amides is 1. The monoisotopic (exact) mass is 410 g/mol. The topological polar surface area (TPSA) is 60.2 Å². The summed E-state index contributed by atoms with van der Waals surface area (Å²) in [4.78, 5) is 19.3. The molecule has 6 nitrogen and oxygen atoms in total. The number of nitrogens with zero attached hydrogens (tertiary/aromatic N) is 4. The van der Waals surface area contributed by atoms with Gasteiger partial charge in [0.1, 0.15) is 11.4 Å². The third-order valence-electron chi connectivity index (χ3n) is 5.70. The van der Waals surface area contributed by atoms with E-state index in [0.717, 1.165) is 40.2 Å². The first-order valence-electron chi connectivity index (χ1n) is 10.2. The van der Waals surface area contributed by atoms with Gasteiger partial charge < -0.3 is 9.64 Å². The van der Waals surface area contributed by atoms with E-state index in [1.165, 1.54) is 5.56 Å². The number of rotatable bonds is 4. The Morgan fingerprint density at radius 1 is 0.968 bits per heavy atom. The van der Waals surface area contributed by atoms with E-state index in [9.17, 15) is 4.79 Å². The molecule has 2 aromatic carbocycles. The summed E-state index contributed by atoms with van der Waals surface area (Å²) in [6, 6.07) is 19.8. The number of hydrogen-bond donors (Lipinski definition) is 0. The van der Waals surface area contributed by atoms with Gasteiger partial charge in [0.25, 0.3) is 5.91 Å². The molecule has 1 aliphatic rings. The molecule has 2 aromatic heterocycles. The van der Waals surface area contributed by atoms with Crippen molar-refractivity contribution in [1.82, 2.24) is 14.8 Å². The molecule has 6 heteroatoms. The SMILES string of the molecule is COc1cccc(-c2cc(C(=O)N3CCc4cc(-c5ccncc5)ccc43)n(C)n2)c1. The summed E-state index contributed by atoms with van der Waals surface area (Å²) in [5, 5.41) is 4.57. The smallest absolute Gasteiger partial charge is 0.276 e. The van der Waals surface area contributed by atoms with Gasteiger partial charge in [-0.25, -0.2) is 0 Å². The van der Waals surface area contributed by atoms with E-state index in [4.69, 9.17) is 4.74 Å². The van der Waals surface area contributed by atoms with Crippen molar-refractivity contribution in [3.63, 3.8) is 0 Å². The highest BCUT2D eigenvalue weighted by atomic mass is 16.5. The van der Waals surface area contributed by atoms with Gasteiger partial charge in [0.2, 0.25) is 0 Å². The van der Waals surface area contributed by atoms with Crippen LogP contribution < -0.4 is 9.64 Å². The third-order valence-corrected chi connectivity index (χ3v) is 5.70. The Kier molecular flexibility index (Phi) is 4.75. The maximum atomic E-state index is 13.4. The molecule has 0 saturated carbocycles. The lowest BCUT2D eigenvalue weighted by Gasteiger charge is -2.17. The second-order valence-electron chi connectivity index (χ2n) is 7.56. The van der Waals surface area contributed by atoms with E-state index in [1.54, 1.807) is 31.2 Å². The molecule has 0 radical (unpaired) electrons. The standard InChI is InChI=1S/C25H22N4O2/c1-28-24(16-22(27-28)19-4-3-5-21(15-19)31-2)25(30)29-13-10-20-14-18(6-7-23(20)29)17-8-11-26-12-9-17/h3-9,11-12,14-16H,10,13H2,1-2H3.